The molecule has 0 amide bonds. The minimum Gasteiger partial charge on any atom is -0.396 e. The van der Waals surface area contributed by atoms with Crippen LogP contribution in [-0.4, -0.2) is 32.1 Å². The highest BCUT2D eigenvalue weighted by Crippen LogP contribution is 2.26. The predicted octanol–water partition coefficient (Wildman–Crippen LogP) is 1.91. The quantitative estimate of drug-likeness (QED) is 0.788. The summed E-state index contributed by atoms with van der Waals surface area (Å²) in [7, 11) is -3.51. The van der Waals surface area contributed by atoms with Crippen LogP contribution in [0.5, 0.6) is 0 Å². The molecule has 6 heteroatoms. The van der Waals surface area contributed by atoms with E-state index in [4.69, 9.17) is 11.6 Å². The fourth-order valence-corrected chi connectivity index (χ4v) is 4.18. The van der Waals surface area contributed by atoms with Gasteiger partial charge in [-0.05, 0) is 42.9 Å². The number of aliphatic hydroxyl groups is 1. The van der Waals surface area contributed by atoms with E-state index in [0.29, 0.717) is 5.88 Å². The molecular weight excluding hydrogens is 298 g/mol. The molecule has 0 aliphatic heterocycles. The van der Waals surface area contributed by atoms with Crippen molar-refractivity contribution in [3.8, 4) is 0 Å². The number of alkyl halides is 1. The van der Waals surface area contributed by atoms with Crippen molar-refractivity contribution in [1.29, 1.82) is 0 Å². The first kappa shape index (κ1) is 15.8. The molecule has 20 heavy (non-hydrogen) atoms. The van der Waals surface area contributed by atoms with E-state index >= 15 is 0 Å². The first-order chi connectivity index (χ1) is 9.56. The maximum atomic E-state index is 12.3. The molecular formula is C14H20ClNO3S. The standard InChI is InChI=1S/C14H20ClNO3S/c15-9-8-11-4-6-13(7-5-11)20(18,19)16-14-3-1-2-12(14)10-17/h4-7,12,14,16-17H,1-3,8-10H2. The Morgan fingerprint density at radius 1 is 1.25 bits per heavy atom. The number of aryl methyl sites for hydroxylation is 1. The van der Waals surface area contributed by atoms with Gasteiger partial charge in [-0.25, -0.2) is 13.1 Å². The van der Waals surface area contributed by atoms with Crippen LogP contribution in [0.4, 0.5) is 0 Å². The van der Waals surface area contributed by atoms with Crippen molar-refractivity contribution >= 4 is 21.6 Å². The average molecular weight is 318 g/mol. The molecule has 1 aliphatic carbocycles. The molecule has 0 spiro atoms. The molecule has 0 radical (unpaired) electrons. The van der Waals surface area contributed by atoms with E-state index in [1.165, 1.54) is 0 Å². The fourth-order valence-electron chi connectivity index (χ4n) is 2.62. The summed E-state index contributed by atoms with van der Waals surface area (Å²) in [5.74, 6) is 0.547. The third-order valence-corrected chi connectivity index (χ3v) is 5.51. The van der Waals surface area contributed by atoms with Crippen molar-refractivity contribution in [3.05, 3.63) is 29.8 Å². The van der Waals surface area contributed by atoms with Gasteiger partial charge in [0, 0.05) is 18.5 Å². The first-order valence-electron chi connectivity index (χ1n) is 6.85. The van der Waals surface area contributed by atoms with Crippen LogP contribution in [0.15, 0.2) is 29.2 Å². The maximum Gasteiger partial charge on any atom is 0.240 e. The Balaban J connectivity index is 2.09. The number of nitrogens with one attached hydrogen (secondary N) is 1. The van der Waals surface area contributed by atoms with Gasteiger partial charge in [-0.1, -0.05) is 18.6 Å². The molecule has 0 heterocycles. The molecule has 1 aromatic rings. The highest BCUT2D eigenvalue weighted by atomic mass is 35.5. The number of halogens is 1. The van der Waals surface area contributed by atoms with E-state index in [2.05, 4.69) is 4.72 Å². The molecule has 2 rings (SSSR count). The van der Waals surface area contributed by atoms with E-state index in [-0.39, 0.29) is 23.5 Å². The van der Waals surface area contributed by atoms with Gasteiger partial charge in [0.15, 0.2) is 0 Å². The maximum absolute atomic E-state index is 12.3. The van der Waals surface area contributed by atoms with Gasteiger partial charge in [0.1, 0.15) is 0 Å². The Kier molecular flexibility index (Phi) is 5.43. The van der Waals surface area contributed by atoms with Crippen LogP contribution < -0.4 is 4.72 Å². The van der Waals surface area contributed by atoms with Gasteiger partial charge in [-0.3, -0.25) is 0 Å². The summed E-state index contributed by atoms with van der Waals surface area (Å²) < 4.78 is 27.3. The van der Waals surface area contributed by atoms with Crippen molar-refractivity contribution in [2.45, 2.75) is 36.6 Å². The summed E-state index contributed by atoms with van der Waals surface area (Å²) in [6.45, 7) is 0.0296. The third-order valence-electron chi connectivity index (χ3n) is 3.82. The number of benzene rings is 1. The van der Waals surface area contributed by atoms with Crippen molar-refractivity contribution in [2.75, 3.05) is 12.5 Å². The monoisotopic (exact) mass is 317 g/mol. The Hall–Kier alpha value is -0.620. The molecule has 0 saturated heterocycles. The van der Waals surface area contributed by atoms with Gasteiger partial charge in [-0.15, -0.1) is 11.6 Å². The van der Waals surface area contributed by atoms with Crippen LogP contribution in [0.2, 0.25) is 0 Å². The molecule has 4 nitrogen and oxygen atoms in total. The summed E-state index contributed by atoms with van der Waals surface area (Å²) >= 11 is 5.66. The van der Waals surface area contributed by atoms with Crippen molar-refractivity contribution in [3.63, 3.8) is 0 Å². The zero-order valence-electron chi connectivity index (χ0n) is 11.3. The van der Waals surface area contributed by atoms with E-state index in [0.717, 1.165) is 31.2 Å². The van der Waals surface area contributed by atoms with E-state index in [1.807, 2.05) is 0 Å². The van der Waals surface area contributed by atoms with Gasteiger partial charge >= 0.3 is 0 Å². The van der Waals surface area contributed by atoms with Crippen LogP contribution in [0, 0.1) is 5.92 Å². The van der Waals surface area contributed by atoms with E-state index in [1.54, 1.807) is 24.3 Å². The lowest BCUT2D eigenvalue weighted by Crippen LogP contribution is -2.38. The average Bonchev–Trinajstić information content (AvgIpc) is 2.86. The molecule has 0 aromatic heterocycles. The molecule has 112 valence electrons. The van der Waals surface area contributed by atoms with Crippen molar-refractivity contribution in [2.24, 2.45) is 5.92 Å². The van der Waals surface area contributed by atoms with Crippen LogP contribution >= 0.6 is 11.6 Å². The lowest BCUT2D eigenvalue weighted by Gasteiger charge is -2.19. The van der Waals surface area contributed by atoms with E-state index < -0.39 is 10.0 Å². The summed E-state index contributed by atoms with van der Waals surface area (Å²) in [6, 6.07) is 6.62. The Bertz CT molecular complexity index is 530. The molecule has 2 atom stereocenters. The van der Waals surface area contributed by atoms with Crippen molar-refractivity contribution in [1.82, 2.24) is 4.72 Å². The normalized spacial score (nSPS) is 23.1. The van der Waals surface area contributed by atoms with Gasteiger partial charge in [0.05, 0.1) is 4.90 Å². The third kappa shape index (κ3) is 3.73. The van der Waals surface area contributed by atoms with Crippen molar-refractivity contribution < 1.29 is 13.5 Å². The van der Waals surface area contributed by atoms with Gasteiger partial charge in [0.2, 0.25) is 10.0 Å². The fraction of sp³-hybridized carbons (Fsp3) is 0.571. The second-order valence-corrected chi connectivity index (χ2v) is 7.28. The second kappa shape index (κ2) is 6.89. The molecule has 0 bridgehead atoms. The largest absolute Gasteiger partial charge is 0.396 e. The first-order valence-corrected chi connectivity index (χ1v) is 8.86. The summed E-state index contributed by atoms with van der Waals surface area (Å²) in [4.78, 5) is 0.263. The molecule has 2 unspecified atom stereocenters. The SMILES string of the molecule is O=S(=O)(NC1CCCC1CO)c1ccc(CCCl)cc1. The smallest absolute Gasteiger partial charge is 0.240 e. The molecule has 1 aliphatic rings. The minimum absolute atomic E-state index is 0.0281. The molecule has 2 N–H and O–H groups in total. The van der Waals surface area contributed by atoms with Crippen LogP contribution in [0.3, 0.4) is 0 Å². The number of aliphatic hydroxyl groups excluding tert-OH is 1. The van der Waals surface area contributed by atoms with Crippen LogP contribution in [0.25, 0.3) is 0 Å². The molecule has 1 aromatic carbocycles. The lowest BCUT2D eigenvalue weighted by molar-refractivity contribution is 0.213. The van der Waals surface area contributed by atoms with Crippen LogP contribution in [-0.2, 0) is 16.4 Å². The number of rotatable bonds is 6. The summed E-state index contributed by atoms with van der Waals surface area (Å²) in [5, 5.41) is 9.25. The highest BCUT2D eigenvalue weighted by Gasteiger charge is 2.30. The topological polar surface area (TPSA) is 66.4 Å². The molecule has 1 saturated carbocycles. The van der Waals surface area contributed by atoms with Gasteiger partial charge < -0.3 is 5.11 Å². The summed E-state index contributed by atoms with van der Waals surface area (Å²) in [5.41, 5.74) is 1.02. The Morgan fingerprint density at radius 3 is 2.55 bits per heavy atom. The minimum atomic E-state index is -3.51. The van der Waals surface area contributed by atoms with Gasteiger partial charge in [0.25, 0.3) is 0 Å². The highest BCUT2D eigenvalue weighted by molar-refractivity contribution is 7.89. The number of hydrogen-bond acceptors (Lipinski definition) is 3. The lowest BCUT2D eigenvalue weighted by atomic mass is 10.1. The van der Waals surface area contributed by atoms with Gasteiger partial charge in [-0.2, -0.15) is 0 Å². The predicted molar refractivity (Wildman–Crippen MR) is 79.4 cm³/mol. The van der Waals surface area contributed by atoms with Crippen LogP contribution in [0.1, 0.15) is 24.8 Å². The number of sulfonamides is 1. The second-order valence-electron chi connectivity index (χ2n) is 5.18. The molecule has 1 fully saturated rings. The zero-order valence-corrected chi connectivity index (χ0v) is 12.8. The Morgan fingerprint density at radius 2 is 1.95 bits per heavy atom. The summed E-state index contributed by atoms with van der Waals surface area (Å²) in [6.07, 6.45) is 3.34. The number of hydrogen-bond donors (Lipinski definition) is 2. The zero-order chi connectivity index (χ0) is 14.6. The van der Waals surface area contributed by atoms with E-state index in [9.17, 15) is 13.5 Å². The Labute approximate surface area is 125 Å².